The van der Waals surface area contributed by atoms with Crippen LogP contribution in [-0.4, -0.2) is 0 Å². The molecule has 0 heterocycles. The van der Waals surface area contributed by atoms with E-state index in [-0.39, 0.29) is 0 Å². The Bertz CT molecular complexity index is 94.2. The molecule has 84 valence electrons. The van der Waals surface area contributed by atoms with Gasteiger partial charge in [-0.1, -0.05) is 78.6 Å². The van der Waals surface area contributed by atoms with Crippen molar-refractivity contribution in [2.24, 2.45) is 0 Å². The molecular weight excluding hydrogens is 168 g/mol. The highest BCUT2D eigenvalue weighted by atomic mass is 14.0. The molecule has 0 rings (SSSR count). The number of rotatable bonds is 10. The van der Waals surface area contributed by atoms with E-state index in [2.05, 4.69) is 20.8 Å². The summed E-state index contributed by atoms with van der Waals surface area (Å²) in [4.78, 5) is 0. The molecule has 0 aromatic heterocycles. The SMILES string of the molecule is [CH2]CCCCCCCCCC[C](C)C. The number of hydrogen-bond donors (Lipinski definition) is 0. The Hall–Kier alpha value is 0. The Balaban J connectivity index is 2.85. The Morgan fingerprint density at radius 2 is 1.14 bits per heavy atom. The van der Waals surface area contributed by atoms with E-state index in [0.29, 0.717) is 0 Å². The molecule has 0 bridgehead atoms. The van der Waals surface area contributed by atoms with Gasteiger partial charge in [0.05, 0.1) is 0 Å². The summed E-state index contributed by atoms with van der Waals surface area (Å²) < 4.78 is 0. The van der Waals surface area contributed by atoms with Crippen molar-refractivity contribution < 1.29 is 0 Å². The van der Waals surface area contributed by atoms with Gasteiger partial charge in [-0.2, -0.15) is 0 Å². The number of hydrogen-bond acceptors (Lipinski definition) is 0. The summed E-state index contributed by atoms with van der Waals surface area (Å²) in [7, 11) is 0. The summed E-state index contributed by atoms with van der Waals surface area (Å²) in [5.74, 6) is 1.58. The van der Waals surface area contributed by atoms with E-state index in [0.717, 1.165) is 6.42 Å². The predicted molar refractivity (Wildman–Crippen MR) is 66.1 cm³/mol. The molecule has 0 amide bonds. The molecule has 0 saturated heterocycles. The summed E-state index contributed by atoms with van der Waals surface area (Å²) in [6.45, 7) is 8.33. The fraction of sp³-hybridized carbons (Fsp3) is 0.857. The van der Waals surface area contributed by atoms with E-state index in [1.807, 2.05) is 0 Å². The highest BCUT2D eigenvalue weighted by Gasteiger charge is 1.94. The van der Waals surface area contributed by atoms with Crippen molar-refractivity contribution in [3.8, 4) is 0 Å². The third kappa shape index (κ3) is 12.0. The van der Waals surface area contributed by atoms with Crippen molar-refractivity contribution in [3.05, 3.63) is 12.8 Å². The zero-order chi connectivity index (χ0) is 10.6. The van der Waals surface area contributed by atoms with Crippen molar-refractivity contribution in [3.63, 3.8) is 0 Å². The van der Waals surface area contributed by atoms with E-state index in [1.54, 1.807) is 5.92 Å². The van der Waals surface area contributed by atoms with Crippen LogP contribution in [0.3, 0.4) is 0 Å². The zero-order valence-corrected chi connectivity index (χ0v) is 10.3. The van der Waals surface area contributed by atoms with Crippen LogP contribution in [0.2, 0.25) is 0 Å². The van der Waals surface area contributed by atoms with Crippen LogP contribution in [0.15, 0.2) is 0 Å². The van der Waals surface area contributed by atoms with Crippen LogP contribution in [0, 0.1) is 12.8 Å². The van der Waals surface area contributed by atoms with Crippen LogP contribution in [0.1, 0.15) is 78.1 Å². The lowest BCUT2D eigenvalue weighted by Crippen LogP contribution is -1.85. The molecule has 0 nitrogen and oxygen atoms in total. The second kappa shape index (κ2) is 11.1. The molecule has 0 saturated carbocycles. The Morgan fingerprint density at radius 3 is 1.57 bits per heavy atom. The van der Waals surface area contributed by atoms with Gasteiger partial charge in [-0.05, 0) is 12.3 Å². The highest BCUT2D eigenvalue weighted by molar-refractivity contribution is 4.75. The third-order valence-corrected chi connectivity index (χ3v) is 2.68. The zero-order valence-electron chi connectivity index (χ0n) is 10.3. The maximum Gasteiger partial charge on any atom is -0.0303 e. The normalized spacial score (nSPS) is 11.1. The van der Waals surface area contributed by atoms with Crippen molar-refractivity contribution in [1.29, 1.82) is 0 Å². The fourth-order valence-electron chi connectivity index (χ4n) is 1.72. The van der Waals surface area contributed by atoms with Crippen LogP contribution < -0.4 is 0 Å². The molecule has 0 aliphatic heterocycles. The van der Waals surface area contributed by atoms with Crippen molar-refractivity contribution in [2.75, 3.05) is 0 Å². The monoisotopic (exact) mass is 196 g/mol. The molecule has 0 fully saturated rings. The molecule has 0 aliphatic rings. The van der Waals surface area contributed by atoms with Crippen LogP contribution in [-0.2, 0) is 0 Å². The van der Waals surface area contributed by atoms with Gasteiger partial charge in [0.25, 0.3) is 0 Å². The van der Waals surface area contributed by atoms with Crippen LogP contribution >= 0.6 is 0 Å². The Morgan fingerprint density at radius 1 is 0.714 bits per heavy atom. The highest BCUT2D eigenvalue weighted by Crippen LogP contribution is 2.13. The lowest BCUT2D eigenvalue weighted by molar-refractivity contribution is 0.562. The summed E-state index contributed by atoms with van der Waals surface area (Å²) >= 11 is 0. The summed E-state index contributed by atoms with van der Waals surface area (Å²) in [6, 6.07) is 0. The molecule has 0 unspecified atom stereocenters. The number of unbranched alkanes of at least 4 members (excludes halogenated alkanes) is 8. The summed E-state index contributed by atoms with van der Waals surface area (Å²) in [5.41, 5.74) is 0. The van der Waals surface area contributed by atoms with Gasteiger partial charge in [-0.15, -0.1) is 0 Å². The van der Waals surface area contributed by atoms with E-state index >= 15 is 0 Å². The minimum Gasteiger partial charge on any atom is -0.0594 e. The first-order valence-corrected chi connectivity index (χ1v) is 6.35. The molecule has 0 aromatic carbocycles. The quantitative estimate of drug-likeness (QED) is 0.414. The topological polar surface area (TPSA) is 0 Å². The van der Waals surface area contributed by atoms with Gasteiger partial charge in [0.1, 0.15) is 0 Å². The van der Waals surface area contributed by atoms with Gasteiger partial charge in [0.15, 0.2) is 0 Å². The smallest absolute Gasteiger partial charge is 0.0303 e. The van der Waals surface area contributed by atoms with E-state index in [4.69, 9.17) is 0 Å². The van der Waals surface area contributed by atoms with Crippen LogP contribution in [0.25, 0.3) is 0 Å². The molecule has 0 atom stereocenters. The summed E-state index contributed by atoms with van der Waals surface area (Å²) in [6.07, 6.45) is 13.8. The van der Waals surface area contributed by atoms with Crippen LogP contribution in [0.4, 0.5) is 0 Å². The van der Waals surface area contributed by atoms with Gasteiger partial charge >= 0.3 is 0 Å². The van der Waals surface area contributed by atoms with Gasteiger partial charge in [0.2, 0.25) is 0 Å². The standard InChI is InChI=1S/C14H28/c1-4-5-6-7-8-9-10-11-12-13-14(2)3/h1,4-13H2,2-3H3. The molecule has 0 spiro atoms. The maximum absolute atomic E-state index is 3.86. The Labute approximate surface area is 91.5 Å². The Kier molecular flexibility index (Phi) is 11.1. The molecule has 14 heavy (non-hydrogen) atoms. The van der Waals surface area contributed by atoms with Gasteiger partial charge < -0.3 is 0 Å². The average Bonchev–Trinajstić information content (AvgIpc) is 2.15. The molecule has 0 aromatic rings. The predicted octanol–water partition coefficient (Wildman–Crippen LogP) is 5.34. The maximum atomic E-state index is 3.86. The van der Waals surface area contributed by atoms with E-state index < -0.39 is 0 Å². The average molecular weight is 196 g/mol. The van der Waals surface area contributed by atoms with Crippen LogP contribution in [0.5, 0.6) is 0 Å². The van der Waals surface area contributed by atoms with E-state index in [9.17, 15) is 0 Å². The minimum absolute atomic E-state index is 1.12. The first-order chi connectivity index (χ1) is 6.77. The summed E-state index contributed by atoms with van der Waals surface area (Å²) in [5, 5.41) is 0. The van der Waals surface area contributed by atoms with Crippen molar-refractivity contribution >= 4 is 0 Å². The molecule has 0 N–H and O–H groups in total. The van der Waals surface area contributed by atoms with Gasteiger partial charge in [-0.3, -0.25) is 0 Å². The largest absolute Gasteiger partial charge is 0.0594 e. The molecular formula is C14H28. The second-order valence-electron chi connectivity index (χ2n) is 4.64. The lowest BCUT2D eigenvalue weighted by Gasteiger charge is -2.03. The minimum atomic E-state index is 1.12. The fourth-order valence-corrected chi connectivity index (χ4v) is 1.72. The first-order valence-electron chi connectivity index (χ1n) is 6.35. The van der Waals surface area contributed by atoms with Gasteiger partial charge in [0, 0.05) is 0 Å². The second-order valence-corrected chi connectivity index (χ2v) is 4.64. The van der Waals surface area contributed by atoms with E-state index in [1.165, 1.54) is 57.8 Å². The van der Waals surface area contributed by atoms with Crippen molar-refractivity contribution in [1.82, 2.24) is 0 Å². The third-order valence-electron chi connectivity index (χ3n) is 2.68. The molecule has 0 heteroatoms. The molecule has 0 aliphatic carbocycles. The molecule has 2 radical (unpaired) electrons. The van der Waals surface area contributed by atoms with Gasteiger partial charge in [-0.25, -0.2) is 0 Å². The van der Waals surface area contributed by atoms with Crippen molar-refractivity contribution in [2.45, 2.75) is 78.1 Å². The first kappa shape index (κ1) is 14.0. The lowest BCUT2D eigenvalue weighted by atomic mass is 10.0.